The molecule has 0 fully saturated rings. The molecule has 0 unspecified atom stereocenters. The van der Waals surface area contributed by atoms with Crippen molar-refractivity contribution < 1.29 is 4.74 Å². The van der Waals surface area contributed by atoms with Crippen LogP contribution in [0.15, 0.2) is 0 Å². The van der Waals surface area contributed by atoms with E-state index in [2.05, 4.69) is 32.0 Å². The van der Waals surface area contributed by atoms with Gasteiger partial charge in [-0.3, -0.25) is 11.3 Å². The second-order valence-corrected chi connectivity index (χ2v) is 3.71. The molecular formula is C9H25N3O. The minimum absolute atomic E-state index is 0.148. The largest absolute Gasteiger partial charge is 0.381 e. The Labute approximate surface area is 82.0 Å². The van der Waals surface area contributed by atoms with Crippen molar-refractivity contribution in [2.45, 2.75) is 27.2 Å². The van der Waals surface area contributed by atoms with Crippen LogP contribution in [-0.4, -0.2) is 26.8 Å². The molecule has 0 amide bonds. The summed E-state index contributed by atoms with van der Waals surface area (Å²) in [5.41, 5.74) is 7.91. The number of nitrogens with one attached hydrogen (secondary N) is 1. The lowest BCUT2D eigenvalue weighted by Crippen LogP contribution is -2.28. The van der Waals surface area contributed by atoms with Crippen LogP contribution in [0.25, 0.3) is 0 Å². The van der Waals surface area contributed by atoms with E-state index in [0.717, 1.165) is 19.6 Å². The van der Waals surface area contributed by atoms with Crippen molar-refractivity contribution in [3.8, 4) is 0 Å². The van der Waals surface area contributed by atoms with Gasteiger partial charge in [-0.05, 0) is 20.0 Å². The van der Waals surface area contributed by atoms with Crippen LogP contribution in [0.4, 0.5) is 0 Å². The Morgan fingerprint density at radius 2 is 1.85 bits per heavy atom. The Kier molecular flexibility index (Phi) is 11.7. The summed E-state index contributed by atoms with van der Waals surface area (Å²) in [6, 6.07) is 0. The topological polar surface area (TPSA) is 73.3 Å². The Morgan fingerprint density at radius 1 is 1.38 bits per heavy atom. The molecule has 4 heteroatoms. The molecule has 0 spiro atoms. The molecule has 0 atom stereocenters. The van der Waals surface area contributed by atoms with Gasteiger partial charge in [-0.15, -0.1) is 0 Å². The monoisotopic (exact) mass is 191 g/mol. The second-order valence-electron chi connectivity index (χ2n) is 3.71. The fourth-order valence-electron chi connectivity index (χ4n) is 0.552. The lowest BCUT2D eigenvalue weighted by atomic mass is 9.95. The highest BCUT2D eigenvalue weighted by molar-refractivity contribution is 4.67. The molecule has 0 radical (unpaired) electrons. The van der Waals surface area contributed by atoms with Crippen LogP contribution in [-0.2, 0) is 4.74 Å². The molecule has 0 bridgehead atoms. The highest BCUT2D eigenvalue weighted by Gasteiger charge is 2.14. The third kappa shape index (κ3) is 14.7. The fourth-order valence-corrected chi connectivity index (χ4v) is 0.552. The third-order valence-electron chi connectivity index (χ3n) is 1.39. The van der Waals surface area contributed by atoms with Gasteiger partial charge in [0, 0.05) is 12.0 Å². The van der Waals surface area contributed by atoms with Crippen molar-refractivity contribution in [1.82, 2.24) is 5.43 Å². The van der Waals surface area contributed by atoms with E-state index in [1.165, 1.54) is 0 Å². The van der Waals surface area contributed by atoms with E-state index in [4.69, 9.17) is 10.5 Å². The van der Waals surface area contributed by atoms with Crippen molar-refractivity contribution in [3.05, 3.63) is 0 Å². The summed E-state index contributed by atoms with van der Waals surface area (Å²) in [4.78, 5) is 0. The molecule has 13 heavy (non-hydrogen) atoms. The predicted octanol–water partition coefficient (Wildman–Crippen LogP) is 0.477. The predicted molar refractivity (Wildman–Crippen MR) is 57.2 cm³/mol. The first-order chi connectivity index (χ1) is 6.04. The van der Waals surface area contributed by atoms with Gasteiger partial charge in [0.15, 0.2) is 0 Å². The van der Waals surface area contributed by atoms with Gasteiger partial charge in [0.05, 0.1) is 6.61 Å². The summed E-state index contributed by atoms with van der Waals surface area (Å²) in [5, 5.41) is 0. The summed E-state index contributed by atoms with van der Waals surface area (Å²) in [5.74, 6) is 4.60. The average Bonchev–Trinajstić information content (AvgIpc) is 2.06. The summed E-state index contributed by atoms with van der Waals surface area (Å²) in [6.07, 6.45) is 1.08. The maximum absolute atomic E-state index is 5.51. The summed E-state index contributed by atoms with van der Waals surface area (Å²) in [6.45, 7) is 8.65. The zero-order valence-electron chi connectivity index (χ0n) is 9.39. The molecule has 0 rings (SSSR count). The van der Waals surface area contributed by atoms with Gasteiger partial charge < -0.3 is 10.5 Å². The first-order valence-electron chi connectivity index (χ1n) is 4.69. The third-order valence-corrected chi connectivity index (χ3v) is 1.39. The van der Waals surface area contributed by atoms with Crippen molar-refractivity contribution in [3.63, 3.8) is 0 Å². The lowest BCUT2D eigenvalue weighted by molar-refractivity contribution is 0.0669. The fraction of sp³-hybridized carbons (Fsp3) is 1.00. The van der Waals surface area contributed by atoms with E-state index >= 15 is 0 Å². The molecule has 0 aromatic rings. The van der Waals surface area contributed by atoms with E-state index in [1.54, 1.807) is 7.05 Å². The Bertz CT molecular complexity index is 96.9. The van der Waals surface area contributed by atoms with Gasteiger partial charge in [-0.2, -0.15) is 0 Å². The Hall–Kier alpha value is -0.160. The van der Waals surface area contributed by atoms with Gasteiger partial charge in [0.2, 0.25) is 0 Å². The molecule has 5 N–H and O–H groups in total. The molecule has 0 aromatic heterocycles. The molecule has 82 valence electrons. The molecule has 0 saturated heterocycles. The summed E-state index contributed by atoms with van der Waals surface area (Å²) < 4.78 is 5.36. The van der Waals surface area contributed by atoms with Crippen LogP contribution < -0.4 is 17.0 Å². The van der Waals surface area contributed by atoms with Gasteiger partial charge in [-0.1, -0.05) is 20.8 Å². The van der Waals surface area contributed by atoms with Gasteiger partial charge in [-0.25, -0.2) is 0 Å². The maximum Gasteiger partial charge on any atom is 0.0529 e. The quantitative estimate of drug-likeness (QED) is 0.336. The van der Waals surface area contributed by atoms with Crippen molar-refractivity contribution in [2.24, 2.45) is 17.0 Å². The molecule has 0 aliphatic heterocycles. The number of hydrogen-bond acceptors (Lipinski definition) is 4. The second kappa shape index (κ2) is 9.92. The first-order valence-corrected chi connectivity index (χ1v) is 4.69. The van der Waals surface area contributed by atoms with Gasteiger partial charge in [0.1, 0.15) is 0 Å². The van der Waals surface area contributed by atoms with Crippen molar-refractivity contribution in [2.75, 3.05) is 26.8 Å². The number of ether oxygens (including phenoxy) is 1. The molecule has 0 saturated carbocycles. The Morgan fingerprint density at radius 3 is 2.15 bits per heavy atom. The number of hydrogen-bond donors (Lipinski definition) is 3. The van der Waals surface area contributed by atoms with Crippen LogP contribution in [0.1, 0.15) is 27.2 Å². The van der Waals surface area contributed by atoms with Gasteiger partial charge in [0.25, 0.3) is 0 Å². The molecule has 0 aliphatic carbocycles. The van der Waals surface area contributed by atoms with Crippen LogP contribution in [0.5, 0.6) is 0 Å². The zero-order chi connectivity index (χ0) is 10.7. The Balaban J connectivity index is 0. The van der Waals surface area contributed by atoms with Crippen LogP contribution >= 0.6 is 0 Å². The molecule has 4 nitrogen and oxygen atoms in total. The standard InChI is InChI=1S/C8H19NO.CH6N2/c1-4-5-10-7-8(2,3)6-9;1-3-2/h4-7,9H2,1-3H3;3H,2H2,1H3. The summed E-state index contributed by atoms with van der Waals surface area (Å²) >= 11 is 0. The highest BCUT2D eigenvalue weighted by atomic mass is 16.5. The molecule has 0 heterocycles. The maximum atomic E-state index is 5.51. The SMILES string of the molecule is CCCOCC(C)(C)CN.CNN. The zero-order valence-corrected chi connectivity index (χ0v) is 9.39. The van der Waals surface area contributed by atoms with E-state index < -0.39 is 0 Å². The smallest absolute Gasteiger partial charge is 0.0529 e. The number of rotatable bonds is 5. The van der Waals surface area contributed by atoms with Crippen LogP contribution in [0.3, 0.4) is 0 Å². The molecule has 0 aliphatic rings. The van der Waals surface area contributed by atoms with Crippen molar-refractivity contribution >= 4 is 0 Å². The normalized spacial score (nSPS) is 10.6. The lowest BCUT2D eigenvalue weighted by Gasteiger charge is -2.21. The minimum atomic E-state index is 0.148. The van der Waals surface area contributed by atoms with E-state index in [-0.39, 0.29) is 5.41 Å². The number of hydrazine groups is 1. The molecule has 0 aromatic carbocycles. The van der Waals surface area contributed by atoms with E-state index in [0.29, 0.717) is 6.54 Å². The van der Waals surface area contributed by atoms with Crippen molar-refractivity contribution in [1.29, 1.82) is 0 Å². The van der Waals surface area contributed by atoms with Gasteiger partial charge >= 0.3 is 0 Å². The minimum Gasteiger partial charge on any atom is -0.381 e. The highest BCUT2D eigenvalue weighted by Crippen LogP contribution is 2.12. The average molecular weight is 191 g/mol. The number of nitrogens with two attached hydrogens (primary N) is 2. The van der Waals surface area contributed by atoms with Crippen LogP contribution in [0.2, 0.25) is 0 Å². The van der Waals surface area contributed by atoms with E-state index in [1.807, 2.05) is 0 Å². The molecular weight excluding hydrogens is 166 g/mol. The first kappa shape index (κ1) is 15.3. The van der Waals surface area contributed by atoms with E-state index in [9.17, 15) is 0 Å². The summed E-state index contributed by atoms with van der Waals surface area (Å²) in [7, 11) is 1.65. The van der Waals surface area contributed by atoms with Crippen LogP contribution in [0, 0.1) is 5.41 Å².